The van der Waals surface area contributed by atoms with Gasteiger partial charge in [-0.3, -0.25) is 4.79 Å². The number of aryl methyl sites for hydroxylation is 2. The van der Waals surface area contributed by atoms with E-state index in [-0.39, 0.29) is 17.3 Å². The smallest absolute Gasteiger partial charge is 0.248 e. The van der Waals surface area contributed by atoms with E-state index in [2.05, 4.69) is 5.16 Å². The number of thiophene rings is 1. The topological polar surface area (TPSA) is 83.7 Å². The zero-order chi connectivity index (χ0) is 18.7. The number of carbonyl (C=O) groups excluding carboxylic acids is 1. The fraction of sp³-hybridized carbons (Fsp3) is 0.412. The summed E-state index contributed by atoms with van der Waals surface area (Å²) in [7, 11) is -3.68. The Hall–Kier alpha value is -1.97. The van der Waals surface area contributed by atoms with Gasteiger partial charge in [-0.25, -0.2) is 8.42 Å². The Bertz CT molecular complexity index is 881. The maximum absolute atomic E-state index is 12.9. The van der Waals surface area contributed by atoms with Crippen molar-refractivity contribution in [2.45, 2.75) is 25.2 Å². The van der Waals surface area contributed by atoms with Gasteiger partial charge < -0.3 is 9.42 Å². The quantitative estimate of drug-likeness (QED) is 0.742. The van der Waals surface area contributed by atoms with Crippen LogP contribution in [0, 0.1) is 13.8 Å². The molecule has 1 saturated heterocycles. The Morgan fingerprint density at radius 1 is 1.27 bits per heavy atom. The minimum absolute atomic E-state index is 0.102. The first-order valence-corrected chi connectivity index (χ1v) is 10.6. The highest BCUT2D eigenvalue weighted by Gasteiger charge is 2.32. The van der Waals surface area contributed by atoms with E-state index in [9.17, 15) is 13.2 Å². The largest absolute Gasteiger partial charge is 0.360 e. The van der Waals surface area contributed by atoms with Crippen molar-refractivity contribution in [1.82, 2.24) is 14.4 Å². The molecule has 0 aliphatic carbocycles. The van der Waals surface area contributed by atoms with Crippen LogP contribution in [-0.2, 0) is 14.8 Å². The standard InChI is InChI=1S/C17H21N3O4S2/c1-13-17(14(2)24-18-13)26(22,23)20-9-4-8-19(10-11-20)16(21)7-6-15-5-3-12-25-15/h3,5-7,12H,4,8-11H2,1-2H3/b7-6+. The minimum Gasteiger partial charge on any atom is -0.360 e. The number of sulfonamides is 1. The summed E-state index contributed by atoms with van der Waals surface area (Å²) >= 11 is 1.56. The average molecular weight is 396 g/mol. The van der Waals surface area contributed by atoms with Crippen LogP contribution < -0.4 is 0 Å². The van der Waals surface area contributed by atoms with E-state index < -0.39 is 10.0 Å². The Kier molecular flexibility index (Phi) is 5.59. The lowest BCUT2D eigenvalue weighted by Crippen LogP contribution is -2.37. The van der Waals surface area contributed by atoms with Crippen LogP contribution in [-0.4, -0.2) is 54.9 Å². The van der Waals surface area contributed by atoms with Gasteiger partial charge in [0.1, 0.15) is 10.6 Å². The predicted octanol–water partition coefficient (Wildman–Crippen LogP) is 2.29. The summed E-state index contributed by atoms with van der Waals surface area (Å²) in [5.74, 6) is 0.188. The normalized spacial score (nSPS) is 16.9. The fourth-order valence-electron chi connectivity index (χ4n) is 2.97. The van der Waals surface area contributed by atoms with Gasteiger partial charge in [0.2, 0.25) is 15.9 Å². The first kappa shape index (κ1) is 18.8. The molecule has 140 valence electrons. The molecule has 0 N–H and O–H groups in total. The monoisotopic (exact) mass is 395 g/mol. The maximum atomic E-state index is 12.9. The molecule has 7 nitrogen and oxygen atoms in total. The number of hydrogen-bond acceptors (Lipinski definition) is 6. The van der Waals surface area contributed by atoms with Gasteiger partial charge in [0.05, 0.1) is 0 Å². The molecule has 9 heteroatoms. The third kappa shape index (κ3) is 3.89. The molecule has 0 saturated carbocycles. The maximum Gasteiger partial charge on any atom is 0.248 e. The van der Waals surface area contributed by atoms with Gasteiger partial charge in [-0.1, -0.05) is 11.2 Å². The van der Waals surface area contributed by atoms with Crippen molar-refractivity contribution in [3.63, 3.8) is 0 Å². The Morgan fingerprint density at radius 2 is 2.08 bits per heavy atom. The minimum atomic E-state index is -3.68. The Labute approximate surface area is 156 Å². The van der Waals surface area contributed by atoms with Gasteiger partial charge in [-0.2, -0.15) is 4.31 Å². The van der Waals surface area contributed by atoms with E-state index in [1.165, 1.54) is 4.31 Å². The van der Waals surface area contributed by atoms with E-state index in [0.29, 0.717) is 37.5 Å². The van der Waals surface area contributed by atoms with E-state index in [4.69, 9.17) is 4.52 Å². The summed E-state index contributed by atoms with van der Waals surface area (Å²) in [5.41, 5.74) is 0.360. The lowest BCUT2D eigenvalue weighted by Gasteiger charge is -2.21. The SMILES string of the molecule is Cc1noc(C)c1S(=O)(=O)N1CCCN(C(=O)/C=C/c2cccs2)CC1. The molecule has 0 radical (unpaired) electrons. The molecule has 26 heavy (non-hydrogen) atoms. The molecular weight excluding hydrogens is 374 g/mol. The van der Waals surface area contributed by atoms with Crippen molar-refractivity contribution in [3.8, 4) is 0 Å². The molecule has 3 rings (SSSR count). The number of hydrogen-bond donors (Lipinski definition) is 0. The first-order chi connectivity index (χ1) is 12.4. The zero-order valence-electron chi connectivity index (χ0n) is 14.7. The van der Waals surface area contributed by atoms with E-state index in [1.807, 2.05) is 17.5 Å². The second kappa shape index (κ2) is 7.73. The second-order valence-electron chi connectivity index (χ2n) is 6.08. The summed E-state index contributed by atoms with van der Waals surface area (Å²) < 4.78 is 32.2. The van der Waals surface area contributed by atoms with Crippen molar-refractivity contribution >= 4 is 33.3 Å². The summed E-state index contributed by atoms with van der Waals surface area (Å²) in [6, 6.07) is 3.87. The molecule has 0 bridgehead atoms. The number of rotatable bonds is 4. The van der Waals surface area contributed by atoms with Crippen molar-refractivity contribution in [3.05, 3.63) is 39.9 Å². The summed E-state index contributed by atoms with van der Waals surface area (Å²) in [6.45, 7) is 4.72. The third-order valence-electron chi connectivity index (χ3n) is 4.27. The molecule has 2 aromatic rings. The summed E-state index contributed by atoms with van der Waals surface area (Å²) in [6.07, 6.45) is 3.92. The van der Waals surface area contributed by atoms with Gasteiger partial charge in [-0.15, -0.1) is 11.3 Å². The zero-order valence-corrected chi connectivity index (χ0v) is 16.3. The molecule has 3 heterocycles. The van der Waals surface area contributed by atoms with E-state index in [1.54, 1.807) is 42.2 Å². The molecule has 1 aliphatic rings. The number of aromatic nitrogens is 1. The first-order valence-electron chi connectivity index (χ1n) is 8.33. The van der Waals surface area contributed by atoms with Crippen LogP contribution in [0.2, 0.25) is 0 Å². The fourth-order valence-corrected chi connectivity index (χ4v) is 5.35. The second-order valence-corrected chi connectivity index (χ2v) is 8.94. The average Bonchev–Trinajstić information content (AvgIpc) is 3.15. The van der Waals surface area contributed by atoms with E-state index in [0.717, 1.165) is 4.88 Å². The lowest BCUT2D eigenvalue weighted by atomic mass is 10.3. The van der Waals surface area contributed by atoms with Crippen LogP contribution >= 0.6 is 11.3 Å². The van der Waals surface area contributed by atoms with Gasteiger partial charge in [0, 0.05) is 37.1 Å². The van der Waals surface area contributed by atoms with Crippen molar-refractivity contribution in [2.75, 3.05) is 26.2 Å². The van der Waals surface area contributed by atoms with Crippen molar-refractivity contribution in [1.29, 1.82) is 0 Å². The van der Waals surface area contributed by atoms with Gasteiger partial charge in [0.25, 0.3) is 0 Å². The summed E-state index contributed by atoms with van der Waals surface area (Å²) in [5, 5.41) is 5.69. The summed E-state index contributed by atoms with van der Waals surface area (Å²) in [4.78, 5) is 15.2. The highest BCUT2D eigenvalue weighted by molar-refractivity contribution is 7.89. The molecule has 1 fully saturated rings. The van der Waals surface area contributed by atoms with Crippen LogP contribution in [0.25, 0.3) is 6.08 Å². The van der Waals surface area contributed by atoms with Crippen LogP contribution in [0.5, 0.6) is 0 Å². The number of nitrogens with zero attached hydrogens (tertiary/aromatic N) is 3. The molecule has 1 amide bonds. The molecule has 1 aliphatic heterocycles. The van der Waals surface area contributed by atoms with Crippen molar-refractivity contribution < 1.29 is 17.7 Å². The number of carbonyl (C=O) groups is 1. The Balaban J connectivity index is 1.69. The van der Waals surface area contributed by atoms with Gasteiger partial charge in [0.15, 0.2) is 5.76 Å². The molecule has 0 unspecified atom stereocenters. The predicted molar refractivity (Wildman–Crippen MR) is 99.3 cm³/mol. The molecule has 0 spiro atoms. The molecule has 0 atom stereocenters. The van der Waals surface area contributed by atoms with Crippen molar-refractivity contribution in [2.24, 2.45) is 0 Å². The van der Waals surface area contributed by atoms with Gasteiger partial charge >= 0.3 is 0 Å². The molecule has 0 aromatic carbocycles. The molecule has 2 aromatic heterocycles. The highest BCUT2D eigenvalue weighted by Crippen LogP contribution is 2.24. The highest BCUT2D eigenvalue weighted by atomic mass is 32.2. The van der Waals surface area contributed by atoms with Crippen LogP contribution in [0.15, 0.2) is 33.0 Å². The Morgan fingerprint density at radius 3 is 2.73 bits per heavy atom. The van der Waals surface area contributed by atoms with Crippen LogP contribution in [0.3, 0.4) is 0 Å². The van der Waals surface area contributed by atoms with Crippen LogP contribution in [0.1, 0.15) is 22.8 Å². The lowest BCUT2D eigenvalue weighted by molar-refractivity contribution is -0.125. The van der Waals surface area contributed by atoms with Crippen LogP contribution in [0.4, 0.5) is 0 Å². The van der Waals surface area contributed by atoms with Gasteiger partial charge in [-0.05, 0) is 37.8 Å². The number of amides is 1. The third-order valence-corrected chi connectivity index (χ3v) is 7.25. The molecular formula is C17H21N3O4S2. The van der Waals surface area contributed by atoms with E-state index >= 15 is 0 Å².